The largest absolute Gasteiger partial charge is 0.308 e. The van der Waals surface area contributed by atoms with E-state index in [0.717, 1.165) is 40.8 Å². The molecule has 0 amide bonds. The van der Waals surface area contributed by atoms with Gasteiger partial charge in [0.2, 0.25) is 0 Å². The second-order valence-corrected chi connectivity index (χ2v) is 14.0. The van der Waals surface area contributed by atoms with Crippen LogP contribution in [0.3, 0.4) is 0 Å². The standard InChI is InChI=1S/C40H33BN4/c1-22-16-27-28-18-25(38-43-36(23-12-8-6-9-13-23)42-37(44-38)24-14-10-7-11-15-24)19-30-34(28)45-33(27)29(17-22)39(2,3)31-20-26(41)21-32(35(31)45)40(30,4)5/h6-10,12-14,16-21H,11,15H2,1-5H3. The smallest absolute Gasteiger partial charge is 0.164 e. The molecule has 0 spiro atoms. The molecule has 2 aromatic heterocycles. The molecule has 6 aromatic rings. The molecule has 0 bridgehead atoms. The average molecular weight is 581 g/mol. The van der Waals surface area contributed by atoms with Gasteiger partial charge in [0.25, 0.3) is 0 Å². The van der Waals surface area contributed by atoms with Gasteiger partial charge in [-0.05, 0) is 65.8 Å². The number of allylic oxidation sites excluding steroid dienone is 4. The quantitative estimate of drug-likeness (QED) is 0.198. The molecule has 216 valence electrons. The topological polar surface area (TPSA) is 43.6 Å². The summed E-state index contributed by atoms with van der Waals surface area (Å²) >= 11 is 0. The average Bonchev–Trinajstić information content (AvgIpc) is 3.37. The molecule has 0 saturated heterocycles. The minimum Gasteiger partial charge on any atom is -0.308 e. The van der Waals surface area contributed by atoms with Crippen molar-refractivity contribution in [1.29, 1.82) is 0 Å². The van der Waals surface area contributed by atoms with Crippen molar-refractivity contribution < 1.29 is 0 Å². The summed E-state index contributed by atoms with van der Waals surface area (Å²) in [5.41, 5.74) is 13.7. The number of benzene rings is 4. The van der Waals surface area contributed by atoms with Crippen LogP contribution in [0.5, 0.6) is 0 Å². The SMILES string of the molecule is [B]c1cc2c3c(c1)C(C)(C)c1cc(-c4nc(C5=CC=CCC5)nc(-c5ccccc5)n4)cc4c5cc(C)cc(c5n-3c14)C2(C)C. The Morgan fingerprint density at radius 3 is 1.98 bits per heavy atom. The lowest BCUT2D eigenvalue weighted by atomic mass is 9.66. The van der Waals surface area contributed by atoms with Crippen molar-refractivity contribution in [2.75, 3.05) is 0 Å². The monoisotopic (exact) mass is 580 g/mol. The number of rotatable bonds is 3. The Bertz CT molecular complexity index is 2340. The summed E-state index contributed by atoms with van der Waals surface area (Å²) in [5, 5.41) is 2.52. The van der Waals surface area contributed by atoms with Gasteiger partial charge in [-0.25, -0.2) is 15.0 Å². The fraction of sp³-hybridized carbons (Fsp3) is 0.225. The predicted molar refractivity (Wildman–Crippen MR) is 186 cm³/mol. The summed E-state index contributed by atoms with van der Waals surface area (Å²) < 4.78 is 2.53. The van der Waals surface area contributed by atoms with E-state index in [4.69, 9.17) is 22.8 Å². The fourth-order valence-electron chi connectivity index (χ4n) is 8.02. The molecular weight excluding hydrogens is 547 g/mol. The van der Waals surface area contributed by atoms with Crippen molar-refractivity contribution in [1.82, 2.24) is 19.5 Å². The van der Waals surface area contributed by atoms with E-state index < -0.39 is 0 Å². The summed E-state index contributed by atoms with van der Waals surface area (Å²) in [4.78, 5) is 15.3. The van der Waals surface area contributed by atoms with E-state index in [1.165, 1.54) is 55.3 Å². The van der Waals surface area contributed by atoms with Crippen molar-refractivity contribution >= 4 is 40.7 Å². The van der Waals surface area contributed by atoms with E-state index in [1.54, 1.807) is 0 Å². The highest BCUT2D eigenvalue weighted by atomic mass is 15.0. The van der Waals surface area contributed by atoms with Gasteiger partial charge in [0.05, 0.1) is 16.7 Å². The van der Waals surface area contributed by atoms with E-state index in [-0.39, 0.29) is 10.8 Å². The van der Waals surface area contributed by atoms with Crippen molar-refractivity contribution in [3.63, 3.8) is 0 Å². The molecule has 4 nitrogen and oxygen atoms in total. The van der Waals surface area contributed by atoms with Crippen molar-refractivity contribution in [2.24, 2.45) is 0 Å². The Balaban J connectivity index is 1.41. The lowest BCUT2D eigenvalue weighted by molar-refractivity contribution is 0.594. The number of aryl methyl sites for hydroxylation is 1. The molecule has 4 heterocycles. The number of fused-ring (bicyclic) bond motifs is 1. The van der Waals surface area contributed by atoms with Crippen LogP contribution in [-0.4, -0.2) is 27.4 Å². The van der Waals surface area contributed by atoms with Crippen molar-refractivity contribution in [3.8, 4) is 28.5 Å². The molecule has 0 atom stereocenters. The van der Waals surface area contributed by atoms with E-state index in [1.807, 2.05) is 18.2 Å². The number of aromatic nitrogens is 4. The molecule has 0 unspecified atom stereocenters. The van der Waals surface area contributed by atoms with Crippen LogP contribution in [0.4, 0.5) is 0 Å². The molecular formula is C40H33BN4. The van der Waals surface area contributed by atoms with Gasteiger partial charge in [0, 0.05) is 32.7 Å². The van der Waals surface area contributed by atoms with Crippen LogP contribution in [0.15, 0.2) is 85.0 Å². The van der Waals surface area contributed by atoms with E-state index >= 15 is 0 Å². The fourth-order valence-corrected chi connectivity index (χ4v) is 8.02. The molecule has 0 N–H and O–H groups in total. The van der Waals surface area contributed by atoms with E-state index in [9.17, 15) is 0 Å². The maximum Gasteiger partial charge on any atom is 0.164 e. The van der Waals surface area contributed by atoms with Gasteiger partial charge in [-0.2, -0.15) is 0 Å². The Hall–Kier alpha value is -4.77. The van der Waals surface area contributed by atoms with Gasteiger partial charge in [-0.15, -0.1) is 0 Å². The molecule has 9 rings (SSSR count). The highest BCUT2D eigenvalue weighted by Gasteiger charge is 2.44. The lowest BCUT2D eigenvalue weighted by Gasteiger charge is -2.42. The maximum atomic E-state index is 6.68. The Labute approximate surface area is 265 Å². The third kappa shape index (κ3) is 3.58. The van der Waals surface area contributed by atoms with Crippen molar-refractivity contribution in [2.45, 2.75) is 58.3 Å². The molecule has 5 heteroatoms. The molecule has 45 heavy (non-hydrogen) atoms. The zero-order valence-corrected chi connectivity index (χ0v) is 26.4. The first-order valence-electron chi connectivity index (χ1n) is 15.9. The molecule has 1 aliphatic carbocycles. The highest BCUT2D eigenvalue weighted by molar-refractivity contribution is 6.32. The molecule has 3 aliphatic rings. The van der Waals surface area contributed by atoms with Crippen LogP contribution in [0.1, 0.15) is 74.2 Å². The number of nitrogens with zero attached hydrogens (tertiary/aromatic N) is 4. The first kappa shape index (κ1) is 26.6. The Kier molecular flexibility index (Phi) is 5.27. The zero-order valence-electron chi connectivity index (χ0n) is 26.4. The molecule has 2 radical (unpaired) electrons. The third-order valence-corrected chi connectivity index (χ3v) is 10.4. The van der Waals surface area contributed by atoms with Gasteiger partial charge in [-0.1, -0.05) is 105 Å². The Morgan fingerprint density at radius 1 is 0.689 bits per heavy atom. The summed E-state index contributed by atoms with van der Waals surface area (Å²) in [5.74, 6) is 2.15. The number of hydrogen-bond acceptors (Lipinski definition) is 3. The highest BCUT2D eigenvalue weighted by Crippen LogP contribution is 2.55. The summed E-state index contributed by atoms with van der Waals surface area (Å²) in [7, 11) is 6.68. The zero-order chi connectivity index (χ0) is 30.8. The molecule has 4 aromatic carbocycles. The second kappa shape index (κ2) is 8.91. The van der Waals surface area contributed by atoms with Gasteiger partial charge in [0.15, 0.2) is 17.5 Å². The van der Waals surface area contributed by atoms with E-state index in [2.05, 4.69) is 106 Å². The minimum atomic E-state index is -0.296. The summed E-state index contributed by atoms with van der Waals surface area (Å²) in [6.07, 6.45) is 8.34. The van der Waals surface area contributed by atoms with E-state index in [0.29, 0.717) is 11.6 Å². The summed E-state index contributed by atoms with van der Waals surface area (Å²) in [6, 6.07) is 24.0. The second-order valence-electron chi connectivity index (χ2n) is 14.0. The lowest BCUT2D eigenvalue weighted by Crippen LogP contribution is -2.35. The normalized spacial score (nSPS) is 16.9. The van der Waals surface area contributed by atoms with Gasteiger partial charge >= 0.3 is 0 Å². The van der Waals surface area contributed by atoms with Gasteiger partial charge < -0.3 is 4.57 Å². The van der Waals surface area contributed by atoms with Gasteiger partial charge in [0.1, 0.15) is 7.85 Å². The van der Waals surface area contributed by atoms with Crippen LogP contribution >= 0.6 is 0 Å². The Morgan fingerprint density at radius 2 is 1.31 bits per heavy atom. The number of hydrogen-bond donors (Lipinski definition) is 0. The molecule has 2 aliphatic heterocycles. The van der Waals surface area contributed by atoms with Crippen LogP contribution < -0.4 is 5.46 Å². The van der Waals surface area contributed by atoms with Crippen LogP contribution in [0, 0.1) is 6.92 Å². The van der Waals surface area contributed by atoms with Gasteiger partial charge in [-0.3, -0.25) is 0 Å². The van der Waals surface area contributed by atoms with Crippen LogP contribution in [0.25, 0.3) is 55.8 Å². The predicted octanol–water partition coefficient (Wildman–Crippen LogP) is 8.42. The summed E-state index contributed by atoms with van der Waals surface area (Å²) in [6.45, 7) is 11.6. The maximum absolute atomic E-state index is 6.68. The first-order valence-corrected chi connectivity index (χ1v) is 15.9. The molecule has 0 fully saturated rings. The van der Waals surface area contributed by atoms with Crippen molar-refractivity contribution in [3.05, 3.63) is 119 Å². The van der Waals surface area contributed by atoms with Crippen LogP contribution in [-0.2, 0) is 10.8 Å². The minimum absolute atomic E-state index is 0.194. The third-order valence-electron chi connectivity index (χ3n) is 10.4. The first-order chi connectivity index (χ1) is 21.6. The van der Waals surface area contributed by atoms with Crippen LogP contribution in [0.2, 0.25) is 0 Å². The molecule has 0 saturated carbocycles.